The highest BCUT2D eigenvalue weighted by Gasteiger charge is 2.50. The molecule has 0 saturated heterocycles. The van der Waals surface area contributed by atoms with Gasteiger partial charge in [-0.05, 0) is 86.7 Å². The van der Waals surface area contributed by atoms with Crippen molar-refractivity contribution in [1.82, 2.24) is 0 Å². The van der Waals surface area contributed by atoms with E-state index in [4.69, 9.17) is 0 Å². The minimum atomic E-state index is -0.684. The summed E-state index contributed by atoms with van der Waals surface area (Å²) in [7, 11) is 0. The Morgan fingerprint density at radius 1 is 1.13 bits per heavy atom. The number of aliphatic hydroxyl groups excluding tert-OH is 2. The molecule has 3 aliphatic carbocycles. The smallest absolute Gasteiger partial charge is 0.0811 e. The molecule has 3 nitrogen and oxygen atoms in total. The average molecular weight is 429 g/mol. The fraction of sp³-hybridized carbons (Fsp3) is 0.714. The van der Waals surface area contributed by atoms with Crippen LogP contribution in [0.4, 0.5) is 0 Å². The van der Waals surface area contributed by atoms with Gasteiger partial charge >= 0.3 is 0 Å². The Hall–Kier alpha value is -1.16. The van der Waals surface area contributed by atoms with Gasteiger partial charge in [0.15, 0.2) is 0 Å². The maximum atomic E-state index is 10.3. The van der Waals surface area contributed by atoms with Crippen molar-refractivity contribution in [3.05, 3.63) is 47.6 Å². The molecule has 174 valence electrons. The van der Waals surface area contributed by atoms with Crippen LogP contribution in [0.25, 0.3) is 0 Å². The topological polar surface area (TPSA) is 60.7 Å². The van der Waals surface area contributed by atoms with Gasteiger partial charge in [0.1, 0.15) is 0 Å². The third kappa shape index (κ3) is 5.26. The molecular weight excluding hydrogens is 384 g/mol. The lowest BCUT2D eigenvalue weighted by Crippen LogP contribution is -2.35. The standard InChI is InChI=1S/C28H44O3/c1-18(9-10-19(2)27(4,5)31)24-13-14-25-21(8-7-15-28(24,25)6)11-12-22-16-23(29)17-26(30)20(22)3/h9-12,18-19,23-26,29-31H,3,7-8,13-17H2,1-2,4-6H3/b10-9+,21-11+,22-12+/t18-,19+,23-,24-,25+,26-,28-/m1/s1. The summed E-state index contributed by atoms with van der Waals surface area (Å²) >= 11 is 0. The van der Waals surface area contributed by atoms with E-state index in [0.29, 0.717) is 36.0 Å². The number of rotatable bonds is 5. The molecule has 0 aromatic heterocycles. The van der Waals surface area contributed by atoms with E-state index in [1.807, 2.05) is 13.8 Å². The molecule has 0 spiro atoms. The fourth-order valence-electron chi connectivity index (χ4n) is 6.32. The Kier molecular flexibility index (Phi) is 7.40. The number of hydrogen-bond donors (Lipinski definition) is 3. The molecular formula is C28H44O3. The Bertz CT molecular complexity index is 753. The third-order valence-electron chi connectivity index (χ3n) is 8.75. The molecule has 0 aromatic carbocycles. The van der Waals surface area contributed by atoms with Crippen LogP contribution in [-0.4, -0.2) is 33.1 Å². The number of hydrogen-bond acceptors (Lipinski definition) is 3. The second-order valence-electron chi connectivity index (χ2n) is 11.4. The molecule has 3 heteroatoms. The molecule has 3 rings (SSSR count). The molecule has 3 saturated carbocycles. The second-order valence-corrected chi connectivity index (χ2v) is 11.4. The highest BCUT2D eigenvalue weighted by molar-refractivity contribution is 5.38. The van der Waals surface area contributed by atoms with Gasteiger partial charge in [0.25, 0.3) is 0 Å². The van der Waals surface area contributed by atoms with Crippen LogP contribution in [0.1, 0.15) is 79.6 Å². The molecule has 0 bridgehead atoms. The SMILES string of the molecule is C=C1/C(=C/C=C2\CCC[C@]3(C)[C@@H]([C@H](C)/C=C/[C@H](C)C(C)(C)O)CC[C@@H]23)C[C@@H](O)C[C@H]1O. The van der Waals surface area contributed by atoms with E-state index in [2.05, 4.69) is 51.7 Å². The summed E-state index contributed by atoms with van der Waals surface area (Å²) < 4.78 is 0. The summed E-state index contributed by atoms with van der Waals surface area (Å²) in [4.78, 5) is 0. The minimum absolute atomic E-state index is 0.141. The van der Waals surface area contributed by atoms with Gasteiger partial charge < -0.3 is 15.3 Å². The van der Waals surface area contributed by atoms with Crippen molar-refractivity contribution in [2.45, 2.75) is 97.4 Å². The maximum Gasteiger partial charge on any atom is 0.0811 e. The van der Waals surface area contributed by atoms with Crippen molar-refractivity contribution in [1.29, 1.82) is 0 Å². The van der Waals surface area contributed by atoms with Gasteiger partial charge in [-0.25, -0.2) is 0 Å². The molecule has 0 aromatic rings. The van der Waals surface area contributed by atoms with Gasteiger partial charge in [-0.3, -0.25) is 0 Å². The van der Waals surface area contributed by atoms with Crippen molar-refractivity contribution in [2.75, 3.05) is 0 Å². The molecule has 3 N–H and O–H groups in total. The highest BCUT2D eigenvalue weighted by atomic mass is 16.3. The van der Waals surface area contributed by atoms with Crippen molar-refractivity contribution >= 4 is 0 Å². The Morgan fingerprint density at radius 2 is 1.84 bits per heavy atom. The van der Waals surface area contributed by atoms with E-state index >= 15 is 0 Å². The van der Waals surface area contributed by atoms with Gasteiger partial charge in [0, 0.05) is 12.3 Å². The number of fused-ring (bicyclic) bond motifs is 1. The van der Waals surface area contributed by atoms with Crippen LogP contribution in [0.5, 0.6) is 0 Å². The minimum Gasteiger partial charge on any atom is -0.393 e. The molecule has 0 heterocycles. The zero-order chi connectivity index (χ0) is 23.0. The first-order valence-electron chi connectivity index (χ1n) is 12.3. The summed E-state index contributed by atoms with van der Waals surface area (Å²) in [6.45, 7) is 14.7. The quantitative estimate of drug-likeness (QED) is 0.490. The molecule has 0 unspecified atom stereocenters. The van der Waals surface area contributed by atoms with E-state index in [1.165, 1.54) is 31.3 Å². The van der Waals surface area contributed by atoms with E-state index in [-0.39, 0.29) is 5.92 Å². The molecule has 0 radical (unpaired) electrons. The van der Waals surface area contributed by atoms with Crippen molar-refractivity contribution < 1.29 is 15.3 Å². The third-order valence-corrected chi connectivity index (χ3v) is 8.75. The van der Waals surface area contributed by atoms with E-state index in [0.717, 1.165) is 17.6 Å². The van der Waals surface area contributed by atoms with Gasteiger partial charge in [0.2, 0.25) is 0 Å². The Balaban J connectivity index is 1.76. The molecule has 0 amide bonds. The van der Waals surface area contributed by atoms with Gasteiger partial charge in [-0.1, -0.05) is 57.2 Å². The van der Waals surface area contributed by atoms with Crippen LogP contribution in [-0.2, 0) is 0 Å². The van der Waals surface area contributed by atoms with Gasteiger partial charge in [-0.2, -0.15) is 0 Å². The first-order valence-corrected chi connectivity index (χ1v) is 12.3. The van der Waals surface area contributed by atoms with Crippen LogP contribution in [0.2, 0.25) is 0 Å². The lowest BCUT2D eigenvalue weighted by molar-refractivity contribution is 0.0436. The fourth-order valence-corrected chi connectivity index (χ4v) is 6.32. The predicted molar refractivity (Wildman–Crippen MR) is 128 cm³/mol. The van der Waals surface area contributed by atoms with Gasteiger partial charge in [-0.15, -0.1) is 0 Å². The van der Waals surface area contributed by atoms with Crippen LogP contribution >= 0.6 is 0 Å². The zero-order valence-corrected chi connectivity index (χ0v) is 20.3. The highest BCUT2D eigenvalue weighted by Crippen LogP contribution is 2.59. The van der Waals surface area contributed by atoms with Crippen LogP contribution in [0, 0.1) is 29.1 Å². The number of allylic oxidation sites excluding steroid dienone is 4. The normalized spacial score (nSPS) is 39.3. The summed E-state index contributed by atoms with van der Waals surface area (Å²) in [6.07, 6.45) is 15.0. The van der Waals surface area contributed by atoms with Crippen LogP contribution < -0.4 is 0 Å². The number of aliphatic hydroxyl groups is 3. The lowest BCUT2D eigenvalue weighted by atomic mass is 9.61. The van der Waals surface area contributed by atoms with Gasteiger partial charge in [0.05, 0.1) is 17.8 Å². The monoisotopic (exact) mass is 428 g/mol. The summed E-state index contributed by atoms with van der Waals surface area (Å²) in [5, 5.41) is 30.4. The summed E-state index contributed by atoms with van der Waals surface area (Å²) in [5.74, 6) is 1.91. The molecule has 3 fully saturated rings. The first-order chi connectivity index (χ1) is 14.4. The Morgan fingerprint density at radius 3 is 2.52 bits per heavy atom. The maximum absolute atomic E-state index is 10.3. The van der Waals surface area contributed by atoms with E-state index in [9.17, 15) is 15.3 Å². The predicted octanol–water partition coefficient (Wildman–Crippen LogP) is 5.73. The van der Waals surface area contributed by atoms with Crippen LogP contribution in [0.3, 0.4) is 0 Å². The van der Waals surface area contributed by atoms with Crippen molar-refractivity contribution in [2.24, 2.45) is 29.1 Å². The summed E-state index contributed by atoms with van der Waals surface area (Å²) in [6, 6.07) is 0. The second kappa shape index (κ2) is 9.37. The Labute approximate surface area is 189 Å². The van der Waals surface area contributed by atoms with E-state index in [1.54, 1.807) is 0 Å². The lowest BCUT2D eigenvalue weighted by Gasteiger charge is -2.44. The zero-order valence-electron chi connectivity index (χ0n) is 20.3. The average Bonchev–Trinajstić information content (AvgIpc) is 3.04. The molecule has 7 atom stereocenters. The summed E-state index contributed by atoms with van der Waals surface area (Å²) in [5.41, 5.74) is 2.93. The van der Waals surface area contributed by atoms with Crippen molar-refractivity contribution in [3.63, 3.8) is 0 Å². The van der Waals surface area contributed by atoms with Crippen molar-refractivity contribution in [3.8, 4) is 0 Å². The first kappa shape index (κ1) is 24.5. The van der Waals surface area contributed by atoms with Crippen LogP contribution in [0.15, 0.2) is 47.6 Å². The molecule has 31 heavy (non-hydrogen) atoms. The van der Waals surface area contributed by atoms with E-state index < -0.39 is 17.8 Å². The molecule has 0 aliphatic heterocycles. The largest absolute Gasteiger partial charge is 0.393 e. The molecule has 3 aliphatic rings.